The lowest BCUT2D eigenvalue weighted by Gasteiger charge is -2.24. The van der Waals surface area contributed by atoms with Crippen LogP contribution in [0.3, 0.4) is 0 Å². The molecule has 0 aromatic heterocycles. The largest absolute Gasteiger partial charge is 0.445 e. The molecule has 2 aromatic carbocycles. The molecular weight excluding hydrogens is 610 g/mol. The predicted octanol–water partition coefficient (Wildman–Crippen LogP) is 1.95. The average molecular weight is 656 g/mol. The highest BCUT2D eigenvalue weighted by atomic mass is 32.2. The maximum absolute atomic E-state index is 13.2. The van der Waals surface area contributed by atoms with Crippen molar-refractivity contribution < 1.29 is 28.7 Å². The average Bonchev–Trinajstić information content (AvgIpc) is 3.03. The Morgan fingerprint density at radius 3 is 2.07 bits per heavy atom. The van der Waals surface area contributed by atoms with E-state index in [1.807, 2.05) is 62.4 Å². The van der Waals surface area contributed by atoms with Gasteiger partial charge < -0.3 is 37.5 Å². The van der Waals surface area contributed by atoms with Gasteiger partial charge >= 0.3 is 6.09 Å². The molecule has 0 unspecified atom stereocenters. The van der Waals surface area contributed by atoms with Gasteiger partial charge in [-0.25, -0.2) is 4.79 Å². The van der Waals surface area contributed by atoms with Crippen LogP contribution in [0.15, 0.2) is 65.7 Å². The third-order valence-electron chi connectivity index (χ3n) is 6.49. The second-order valence-corrected chi connectivity index (χ2v) is 12.0. The molecule has 2 rings (SSSR count). The minimum Gasteiger partial charge on any atom is -0.445 e. The molecule has 13 nitrogen and oxygen atoms in total. The second-order valence-electron chi connectivity index (χ2n) is 11.0. The summed E-state index contributed by atoms with van der Waals surface area (Å²) >= 11 is 1.08. The number of nitrogens with zero attached hydrogens (tertiary/aromatic N) is 1. The Morgan fingerprint density at radius 1 is 0.826 bits per heavy atom. The molecule has 2 aromatic rings. The van der Waals surface area contributed by atoms with Crippen LogP contribution in [0.1, 0.15) is 51.2 Å². The summed E-state index contributed by atoms with van der Waals surface area (Å²) in [5, 5.41) is 10.1. The van der Waals surface area contributed by atoms with Gasteiger partial charge in [0.25, 0.3) is 0 Å². The molecule has 0 aliphatic rings. The zero-order valence-corrected chi connectivity index (χ0v) is 27.3. The topological polar surface area (TPSA) is 207 Å². The van der Waals surface area contributed by atoms with Crippen molar-refractivity contribution in [2.45, 2.75) is 70.5 Å². The Bertz CT molecular complexity index is 1310. The monoisotopic (exact) mass is 655 g/mol. The minimum absolute atomic E-state index is 0.0258. The first-order valence-corrected chi connectivity index (χ1v) is 16.0. The fourth-order valence-corrected chi connectivity index (χ4v) is 5.01. The molecule has 0 fully saturated rings. The Balaban J connectivity index is 1.93. The predicted molar refractivity (Wildman–Crippen MR) is 178 cm³/mol. The molecule has 4 amide bonds. The van der Waals surface area contributed by atoms with Gasteiger partial charge in [0.15, 0.2) is 5.96 Å². The molecule has 0 heterocycles. The van der Waals surface area contributed by atoms with Crippen LogP contribution in [-0.4, -0.2) is 66.1 Å². The molecule has 8 N–H and O–H groups in total. The zero-order valence-electron chi connectivity index (χ0n) is 26.5. The molecule has 0 bridgehead atoms. The summed E-state index contributed by atoms with van der Waals surface area (Å²) in [7, 11) is 0. The van der Waals surface area contributed by atoms with Crippen LogP contribution in [0.2, 0.25) is 0 Å². The summed E-state index contributed by atoms with van der Waals surface area (Å²) in [4.78, 5) is 67.9. The number of nitrogens with two attached hydrogens (primary N) is 2. The Morgan fingerprint density at radius 2 is 1.46 bits per heavy atom. The number of alkyl carbamates (subject to hydrolysis) is 1. The van der Waals surface area contributed by atoms with Gasteiger partial charge in [-0.1, -0.05) is 86.3 Å². The summed E-state index contributed by atoms with van der Waals surface area (Å²) < 4.78 is 5.11. The van der Waals surface area contributed by atoms with E-state index in [0.717, 1.165) is 22.9 Å². The number of hydrogen-bond donors (Lipinski definition) is 6. The first kappa shape index (κ1) is 37.6. The highest BCUT2D eigenvalue weighted by molar-refractivity contribution is 8.13. The van der Waals surface area contributed by atoms with Crippen LogP contribution in [-0.2, 0) is 36.3 Å². The first-order valence-electron chi connectivity index (χ1n) is 15.0. The van der Waals surface area contributed by atoms with Crippen LogP contribution in [0.5, 0.6) is 0 Å². The van der Waals surface area contributed by atoms with Crippen LogP contribution in [0.25, 0.3) is 0 Å². The van der Waals surface area contributed by atoms with Crippen molar-refractivity contribution in [3.05, 3.63) is 71.8 Å². The number of nitrogens with one attached hydrogen (secondary N) is 4. The van der Waals surface area contributed by atoms with Crippen molar-refractivity contribution in [3.63, 3.8) is 0 Å². The van der Waals surface area contributed by atoms with Crippen LogP contribution >= 0.6 is 11.8 Å². The SMILES string of the molecule is CC(C)C[C@H](NC(=O)CNC(=O)OCc1ccccc1)C(=O)N[C@@H](C)C(=O)N[C@@H](CCCN=C(N)N)C(=O)SCc1ccccc1. The summed E-state index contributed by atoms with van der Waals surface area (Å²) in [5.74, 6) is -1.35. The third kappa shape index (κ3) is 15.4. The number of aliphatic imine (C=N–C) groups is 1. The van der Waals surface area contributed by atoms with E-state index in [2.05, 4.69) is 26.3 Å². The normalized spacial score (nSPS) is 12.6. The van der Waals surface area contributed by atoms with Crippen molar-refractivity contribution >= 4 is 46.7 Å². The van der Waals surface area contributed by atoms with Gasteiger partial charge in [-0.05, 0) is 43.2 Å². The number of thioether (sulfide) groups is 1. The number of carbonyl (C=O) groups is 5. The van der Waals surface area contributed by atoms with Gasteiger partial charge in [0.05, 0.1) is 6.04 Å². The number of amides is 4. The van der Waals surface area contributed by atoms with Crippen molar-refractivity contribution in [1.29, 1.82) is 0 Å². The lowest BCUT2D eigenvalue weighted by molar-refractivity contribution is -0.132. The number of benzene rings is 2. The Labute approximate surface area is 274 Å². The van der Waals surface area contributed by atoms with E-state index < -0.39 is 48.5 Å². The smallest absolute Gasteiger partial charge is 0.407 e. The van der Waals surface area contributed by atoms with Gasteiger partial charge in [-0.3, -0.25) is 24.2 Å². The van der Waals surface area contributed by atoms with Crippen LogP contribution in [0, 0.1) is 5.92 Å². The first-order chi connectivity index (χ1) is 21.9. The van der Waals surface area contributed by atoms with Crippen molar-refractivity contribution in [3.8, 4) is 0 Å². The number of carbonyl (C=O) groups excluding carboxylic acids is 5. The minimum atomic E-state index is -1.02. The second kappa shape index (κ2) is 20.4. The number of rotatable bonds is 18. The molecular formula is C32H45N7O6S. The fourth-order valence-electron chi connectivity index (χ4n) is 4.13. The summed E-state index contributed by atoms with van der Waals surface area (Å²) in [6, 6.07) is 15.7. The van der Waals surface area contributed by atoms with Gasteiger partial charge in [-0.2, -0.15) is 0 Å². The maximum atomic E-state index is 13.2. The molecule has 0 radical (unpaired) electrons. The summed E-state index contributed by atoms with van der Waals surface area (Å²) in [6.45, 7) is 5.18. The summed E-state index contributed by atoms with van der Waals surface area (Å²) in [6.07, 6.45) is 0.235. The van der Waals surface area contributed by atoms with Gasteiger partial charge in [-0.15, -0.1) is 0 Å². The molecule has 3 atom stereocenters. The van der Waals surface area contributed by atoms with E-state index in [1.165, 1.54) is 6.92 Å². The molecule has 0 saturated heterocycles. The van der Waals surface area contributed by atoms with E-state index in [9.17, 15) is 24.0 Å². The zero-order chi connectivity index (χ0) is 33.9. The molecule has 0 spiro atoms. The van der Waals surface area contributed by atoms with Crippen molar-refractivity contribution in [2.75, 3.05) is 13.1 Å². The van der Waals surface area contributed by atoms with Crippen LogP contribution in [0.4, 0.5) is 4.79 Å². The maximum Gasteiger partial charge on any atom is 0.407 e. The van der Waals surface area contributed by atoms with E-state index in [4.69, 9.17) is 16.2 Å². The Hall–Kier alpha value is -4.59. The van der Waals surface area contributed by atoms with Crippen molar-refractivity contribution in [1.82, 2.24) is 21.3 Å². The van der Waals surface area contributed by atoms with E-state index >= 15 is 0 Å². The summed E-state index contributed by atoms with van der Waals surface area (Å²) in [5.41, 5.74) is 12.5. The molecule has 46 heavy (non-hydrogen) atoms. The molecule has 0 aliphatic carbocycles. The highest BCUT2D eigenvalue weighted by Crippen LogP contribution is 2.17. The lowest BCUT2D eigenvalue weighted by atomic mass is 10.0. The van der Waals surface area contributed by atoms with Gasteiger partial charge in [0.1, 0.15) is 25.2 Å². The Kier molecular flexibility index (Phi) is 16.7. The number of guanidine groups is 1. The van der Waals surface area contributed by atoms with E-state index in [0.29, 0.717) is 12.2 Å². The molecule has 250 valence electrons. The molecule has 0 saturated carbocycles. The van der Waals surface area contributed by atoms with Crippen molar-refractivity contribution in [2.24, 2.45) is 22.4 Å². The third-order valence-corrected chi connectivity index (χ3v) is 7.53. The van der Waals surface area contributed by atoms with Crippen LogP contribution < -0.4 is 32.7 Å². The quantitative estimate of drug-likeness (QED) is 0.0787. The highest BCUT2D eigenvalue weighted by Gasteiger charge is 2.28. The van der Waals surface area contributed by atoms with Gasteiger partial charge in [0, 0.05) is 12.3 Å². The standard InChI is InChI=1S/C32H45N7O6S/c1-21(2)17-26(38-27(40)18-36-32(44)45-19-23-11-6-4-7-12-23)29(42)37-22(3)28(41)39-25(15-10-16-35-31(33)34)30(43)46-20-24-13-8-5-9-14-24/h4-9,11-14,21-22,25-26H,10,15-20H2,1-3H3,(H,36,44)(H,37,42)(H,38,40)(H,39,41)(H4,33,34,35)/t22-,25-,26-/m0/s1. The van der Waals surface area contributed by atoms with E-state index in [1.54, 1.807) is 12.1 Å². The molecule has 0 aliphatic heterocycles. The number of hydrogen-bond acceptors (Lipinski definition) is 8. The lowest BCUT2D eigenvalue weighted by Crippen LogP contribution is -2.55. The molecule has 14 heteroatoms. The number of ether oxygens (including phenoxy) is 1. The fraction of sp³-hybridized carbons (Fsp3) is 0.438. The van der Waals surface area contributed by atoms with E-state index in [-0.39, 0.29) is 43.0 Å². The van der Waals surface area contributed by atoms with Gasteiger partial charge in [0.2, 0.25) is 22.8 Å².